The van der Waals surface area contributed by atoms with Crippen LogP contribution < -0.4 is 10.6 Å². The molecule has 2 nitrogen and oxygen atoms in total. The summed E-state index contributed by atoms with van der Waals surface area (Å²) in [4.78, 5) is 2.18. The minimum atomic E-state index is -0.122. The Morgan fingerprint density at radius 2 is 2.00 bits per heavy atom. The molecule has 3 heteroatoms. The topological polar surface area (TPSA) is 29.3 Å². The highest BCUT2D eigenvalue weighted by Gasteiger charge is 2.12. The van der Waals surface area contributed by atoms with Gasteiger partial charge < -0.3 is 10.6 Å². The summed E-state index contributed by atoms with van der Waals surface area (Å²) in [6, 6.07) is 6.13. The van der Waals surface area contributed by atoms with Gasteiger partial charge in [-0.05, 0) is 44.9 Å². The van der Waals surface area contributed by atoms with Crippen LogP contribution in [0.5, 0.6) is 0 Å². The van der Waals surface area contributed by atoms with Crippen molar-refractivity contribution in [1.29, 1.82) is 0 Å². The lowest BCUT2D eigenvalue weighted by molar-refractivity contribution is 0.479. The summed E-state index contributed by atoms with van der Waals surface area (Å²) in [5, 5.41) is 0.816. The molecule has 0 fully saturated rings. The third-order valence-corrected chi connectivity index (χ3v) is 3.09. The fourth-order valence-electron chi connectivity index (χ4n) is 1.40. The van der Waals surface area contributed by atoms with Gasteiger partial charge in [-0.25, -0.2) is 0 Å². The zero-order chi connectivity index (χ0) is 12.3. The Balaban J connectivity index is 2.66. The summed E-state index contributed by atoms with van der Waals surface area (Å²) in [6.07, 6.45) is 0.953. The van der Waals surface area contributed by atoms with E-state index in [1.165, 1.54) is 0 Å². The molecule has 0 aliphatic rings. The molecule has 0 aliphatic heterocycles. The molecule has 0 atom stereocenters. The van der Waals surface area contributed by atoms with Gasteiger partial charge in [0.2, 0.25) is 0 Å². The van der Waals surface area contributed by atoms with Crippen molar-refractivity contribution in [2.45, 2.75) is 32.7 Å². The van der Waals surface area contributed by atoms with E-state index in [2.05, 4.69) is 18.0 Å². The maximum atomic E-state index is 6.10. The zero-order valence-electron chi connectivity index (χ0n) is 10.5. The van der Waals surface area contributed by atoms with Crippen LogP contribution in [0.2, 0.25) is 5.02 Å². The molecule has 0 saturated heterocycles. The van der Waals surface area contributed by atoms with Crippen molar-refractivity contribution in [2.75, 3.05) is 18.5 Å². The maximum absolute atomic E-state index is 6.10. The molecule has 2 N–H and O–H groups in total. The number of benzene rings is 1. The highest BCUT2D eigenvalue weighted by molar-refractivity contribution is 6.31. The van der Waals surface area contributed by atoms with Crippen LogP contribution in [0, 0.1) is 6.92 Å². The first-order chi connectivity index (χ1) is 7.29. The summed E-state index contributed by atoms with van der Waals surface area (Å²) in [6.45, 7) is 7.03. The average Bonchev–Trinajstić information content (AvgIpc) is 2.17. The first-order valence-corrected chi connectivity index (χ1v) is 5.93. The molecule has 1 aromatic rings. The molecule has 16 heavy (non-hydrogen) atoms. The molecule has 90 valence electrons. The molecule has 0 saturated carbocycles. The third kappa shape index (κ3) is 4.03. The Kier molecular flexibility index (Phi) is 4.22. The van der Waals surface area contributed by atoms with E-state index in [-0.39, 0.29) is 5.54 Å². The minimum absolute atomic E-state index is 0.122. The van der Waals surface area contributed by atoms with Crippen LogP contribution in [0.25, 0.3) is 0 Å². The molecule has 0 heterocycles. The van der Waals surface area contributed by atoms with Gasteiger partial charge in [0.1, 0.15) is 0 Å². The second-order valence-corrected chi connectivity index (χ2v) is 5.50. The molecular weight excluding hydrogens is 220 g/mol. The highest BCUT2D eigenvalue weighted by Crippen LogP contribution is 2.22. The Morgan fingerprint density at radius 3 is 2.50 bits per heavy atom. The molecule has 0 amide bonds. The van der Waals surface area contributed by atoms with E-state index in [4.69, 9.17) is 17.3 Å². The summed E-state index contributed by atoms with van der Waals surface area (Å²) in [7, 11) is 2.06. The van der Waals surface area contributed by atoms with Crippen LogP contribution in [0.3, 0.4) is 0 Å². The number of hydrogen-bond acceptors (Lipinski definition) is 2. The zero-order valence-corrected chi connectivity index (χ0v) is 11.3. The molecule has 0 spiro atoms. The Hall–Kier alpha value is -0.730. The molecule has 1 rings (SSSR count). The molecule has 0 bridgehead atoms. The number of anilines is 1. The third-order valence-electron chi connectivity index (χ3n) is 2.69. The van der Waals surface area contributed by atoms with Gasteiger partial charge in [-0.15, -0.1) is 0 Å². The molecule has 0 unspecified atom stereocenters. The lowest BCUT2D eigenvalue weighted by Gasteiger charge is -2.25. The number of rotatable bonds is 4. The van der Waals surface area contributed by atoms with Gasteiger partial charge >= 0.3 is 0 Å². The standard InChI is InChI=1S/C13H21ClN2/c1-10-5-6-11(9-12(10)14)16(4)8-7-13(2,3)15/h5-6,9H,7-8,15H2,1-4H3. The van der Waals surface area contributed by atoms with Gasteiger partial charge in [-0.2, -0.15) is 0 Å². The van der Waals surface area contributed by atoms with Crippen molar-refractivity contribution in [3.8, 4) is 0 Å². The molecule has 0 aliphatic carbocycles. The Morgan fingerprint density at radius 1 is 1.38 bits per heavy atom. The second kappa shape index (κ2) is 5.07. The summed E-state index contributed by atoms with van der Waals surface area (Å²) in [5.41, 5.74) is 8.09. The largest absolute Gasteiger partial charge is 0.374 e. The second-order valence-electron chi connectivity index (χ2n) is 5.09. The minimum Gasteiger partial charge on any atom is -0.374 e. The summed E-state index contributed by atoms with van der Waals surface area (Å²) < 4.78 is 0. The van der Waals surface area contributed by atoms with Crippen molar-refractivity contribution in [2.24, 2.45) is 5.73 Å². The van der Waals surface area contributed by atoms with Crippen molar-refractivity contribution < 1.29 is 0 Å². The number of hydrogen-bond donors (Lipinski definition) is 1. The van der Waals surface area contributed by atoms with Crippen LogP contribution >= 0.6 is 11.6 Å². The Bertz CT molecular complexity index is 355. The Labute approximate surface area is 103 Å². The van der Waals surface area contributed by atoms with Gasteiger partial charge in [-0.1, -0.05) is 17.7 Å². The van der Waals surface area contributed by atoms with Crippen LogP contribution in [-0.4, -0.2) is 19.1 Å². The van der Waals surface area contributed by atoms with Crippen molar-refractivity contribution >= 4 is 17.3 Å². The average molecular weight is 241 g/mol. The predicted molar refractivity (Wildman–Crippen MR) is 72.3 cm³/mol. The number of aryl methyl sites for hydroxylation is 1. The predicted octanol–water partition coefficient (Wildman–Crippen LogP) is 3.21. The summed E-state index contributed by atoms with van der Waals surface area (Å²) in [5.74, 6) is 0. The van der Waals surface area contributed by atoms with Crippen molar-refractivity contribution in [3.05, 3.63) is 28.8 Å². The van der Waals surface area contributed by atoms with Crippen LogP contribution in [-0.2, 0) is 0 Å². The monoisotopic (exact) mass is 240 g/mol. The van der Waals surface area contributed by atoms with E-state index < -0.39 is 0 Å². The van der Waals surface area contributed by atoms with E-state index in [0.29, 0.717) is 0 Å². The van der Waals surface area contributed by atoms with Crippen molar-refractivity contribution in [3.63, 3.8) is 0 Å². The number of nitrogens with zero attached hydrogens (tertiary/aromatic N) is 1. The molecule has 0 radical (unpaired) electrons. The van der Waals surface area contributed by atoms with E-state index >= 15 is 0 Å². The number of halogens is 1. The van der Waals surface area contributed by atoms with E-state index in [1.807, 2.05) is 32.9 Å². The maximum Gasteiger partial charge on any atom is 0.0455 e. The van der Waals surface area contributed by atoms with Crippen LogP contribution in [0.15, 0.2) is 18.2 Å². The van der Waals surface area contributed by atoms with Gasteiger partial charge in [0.15, 0.2) is 0 Å². The SMILES string of the molecule is Cc1ccc(N(C)CCC(C)(C)N)cc1Cl. The fraction of sp³-hybridized carbons (Fsp3) is 0.538. The van der Waals surface area contributed by atoms with Gasteiger partial charge in [0, 0.05) is 29.8 Å². The van der Waals surface area contributed by atoms with E-state index in [1.54, 1.807) is 0 Å². The van der Waals surface area contributed by atoms with Gasteiger partial charge in [0.05, 0.1) is 0 Å². The quantitative estimate of drug-likeness (QED) is 0.876. The number of nitrogens with two attached hydrogens (primary N) is 1. The van der Waals surface area contributed by atoms with E-state index in [9.17, 15) is 0 Å². The highest BCUT2D eigenvalue weighted by atomic mass is 35.5. The van der Waals surface area contributed by atoms with Crippen LogP contribution in [0.1, 0.15) is 25.8 Å². The van der Waals surface area contributed by atoms with Crippen molar-refractivity contribution in [1.82, 2.24) is 0 Å². The first kappa shape index (κ1) is 13.3. The lowest BCUT2D eigenvalue weighted by Crippen LogP contribution is -2.36. The van der Waals surface area contributed by atoms with E-state index in [0.717, 1.165) is 29.2 Å². The molecule has 0 aromatic heterocycles. The van der Waals surface area contributed by atoms with Gasteiger partial charge in [-0.3, -0.25) is 0 Å². The lowest BCUT2D eigenvalue weighted by atomic mass is 10.0. The van der Waals surface area contributed by atoms with Gasteiger partial charge in [0.25, 0.3) is 0 Å². The normalized spacial score (nSPS) is 11.6. The summed E-state index contributed by atoms with van der Waals surface area (Å²) >= 11 is 6.10. The molecule has 1 aromatic carbocycles. The first-order valence-electron chi connectivity index (χ1n) is 5.56. The smallest absolute Gasteiger partial charge is 0.0455 e. The fourth-order valence-corrected chi connectivity index (χ4v) is 1.58. The molecular formula is C13H21ClN2. The van der Waals surface area contributed by atoms with Crippen LogP contribution in [0.4, 0.5) is 5.69 Å².